The minimum absolute atomic E-state index is 0.0896. The highest BCUT2D eigenvalue weighted by Gasteiger charge is 2.26. The molecule has 0 radical (unpaired) electrons. The van der Waals surface area contributed by atoms with Gasteiger partial charge in [0, 0.05) is 30.6 Å². The molecule has 2 rings (SSSR count). The summed E-state index contributed by atoms with van der Waals surface area (Å²) < 4.78 is 0. The van der Waals surface area contributed by atoms with Crippen molar-refractivity contribution < 1.29 is 9.59 Å². The Bertz CT molecular complexity index is 542. The predicted molar refractivity (Wildman–Crippen MR) is 86.3 cm³/mol. The van der Waals surface area contributed by atoms with Gasteiger partial charge in [-0.05, 0) is 37.6 Å². The number of benzene rings is 1. The second-order valence-corrected chi connectivity index (χ2v) is 6.30. The van der Waals surface area contributed by atoms with Gasteiger partial charge >= 0.3 is 0 Å². The van der Waals surface area contributed by atoms with Gasteiger partial charge in [-0.25, -0.2) is 0 Å². The maximum absolute atomic E-state index is 12.3. The molecule has 1 aromatic carbocycles. The quantitative estimate of drug-likeness (QED) is 0.893. The maximum atomic E-state index is 12.3. The second-order valence-electron chi connectivity index (χ2n) is 5.86. The van der Waals surface area contributed by atoms with Crippen LogP contribution < -0.4 is 5.73 Å². The molecule has 0 bridgehead atoms. The first-order valence-corrected chi connectivity index (χ1v) is 7.83. The average molecular weight is 324 g/mol. The summed E-state index contributed by atoms with van der Waals surface area (Å²) in [6, 6.07) is 7.63. The molecule has 1 aliphatic heterocycles. The summed E-state index contributed by atoms with van der Waals surface area (Å²) in [5.41, 5.74) is 6.39. The van der Waals surface area contributed by atoms with E-state index in [2.05, 4.69) is 0 Å². The molecule has 0 aromatic heterocycles. The molecule has 2 N–H and O–H groups in total. The molecule has 1 heterocycles. The smallest absolute Gasteiger partial charge is 0.236 e. The van der Waals surface area contributed by atoms with Crippen LogP contribution in [0.15, 0.2) is 24.3 Å². The molecule has 6 heteroatoms. The fraction of sp³-hybridized carbons (Fsp3) is 0.500. The fourth-order valence-electron chi connectivity index (χ4n) is 2.75. The Morgan fingerprint density at radius 2 is 2.05 bits per heavy atom. The molecular weight excluding hydrogens is 302 g/mol. The molecule has 1 saturated heterocycles. The summed E-state index contributed by atoms with van der Waals surface area (Å²) in [6.07, 6.45) is 1.33. The lowest BCUT2D eigenvalue weighted by molar-refractivity contribution is -0.135. The van der Waals surface area contributed by atoms with Crippen LogP contribution >= 0.6 is 11.6 Å². The molecule has 22 heavy (non-hydrogen) atoms. The molecular formula is C16H22ClN3O2. The number of piperidine rings is 1. The predicted octanol–water partition coefficient (Wildman–Crippen LogP) is 1.50. The molecule has 0 aliphatic carbocycles. The summed E-state index contributed by atoms with van der Waals surface area (Å²) in [5, 5.41) is 0.700. The third-order valence-corrected chi connectivity index (χ3v) is 4.23. The topological polar surface area (TPSA) is 66.6 Å². The number of hydrogen-bond donors (Lipinski definition) is 1. The Morgan fingerprint density at radius 1 is 1.36 bits per heavy atom. The van der Waals surface area contributed by atoms with Crippen molar-refractivity contribution in [3.8, 4) is 0 Å². The van der Waals surface area contributed by atoms with Gasteiger partial charge in [-0.2, -0.15) is 0 Å². The number of carbonyl (C=O) groups is 2. The van der Waals surface area contributed by atoms with E-state index in [9.17, 15) is 9.59 Å². The number of nitrogens with two attached hydrogens (primary N) is 1. The van der Waals surface area contributed by atoms with Crippen LogP contribution in [0.25, 0.3) is 0 Å². The molecule has 1 aromatic rings. The lowest BCUT2D eigenvalue weighted by atomic mass is 9.96. The van der Waals surface area contributed by atoms with Crippen molar-refractivity contribution in [1.29, 1.82) is 0 Å². The molecule has 2 amide bonds. The molecule has 1 fully saturated rings. The van der Waals surface area contributed by atoms with Crippen LogP contribution in [-0.2, 0) is 16.1 Å². The number of primary amides is 1. The second kappa shape index (κ2) is 7.61. The van der Waals surface area contributed by atoms with Crippen LogP contribution in [0.1, 0.15) is 18.4 Å². The van der Waals surface area contributed by atoms with Crippen molar-refractivity contribution in [2.75, 3.05) is 26.7 Å². The SMILES string of the molecule is CN(CC(=O)N1CCC(C(N)=O)CC1)Cc1cccc(Cl)c1. The number of likely N-dealkylation sites (tertiary alicyclic amines) is 1. The van der Waals surface area contributed by atoms with Gasteiger partial charge in [0.15, 0.2) is 0 Å². The highest BCUT2D eigenvalue weighted by molar-refractivity contribution is 6.30. The number of nitrogens with zero attached hydrogens (tertiary/aromatic N) is 2. The van der Waals surface area contributed by atoms with E-state index in [-0.39, 0.29) is 17.7 Å². The Hall–Kier alpha value is -1.59. The van der Waals surface area contributed by atoms with E-state index in [1.54, 1.807) is 0 Å². The first-order chi connectivity index (χ1) is 10.5. The zero-order valence-corrected chi connectivity index (χ0v) is 13.6. The standard InChI is InChI=1S/C16H22ClN3O2/c1-19(10-12-3-2-4-14(17)9-12)11-15(21)20-7-5-13(6-8-20)16(18)22/h2-4,9,13H,5-8,10-11H2,1H3,(H2,18,22). The van der Waals surface area contributed by atoms with Crippen molar-refractivity contribution in [2.24, 2.45) is 11.7 Å². The lowest BCUT2D eigenvalue weighted by Gasteiger charge is -2.31. The first kappa shape index (κ1) is 16.8. The number of rotatable bonds is 5. The number of hydrogen-bond acceptors (Lipinski definition) is 3. The van der Waals surface area contributed by atoms with Gasteiger partial charge in [0.1, 0.15) is 0 Å². The van der Waals surface area contributed by atoms with Gasteiger partial charge in [0.05, 0.1) is 6.54 Å². The highest BCUT2D eigenvalue weighted by atomic mass is 35.5. The van der Waals surface area contributed by atoms with Crippen LogP contribution in [-0.4, -0.2) is 48.3 Å². The molecule has 120 valence electrons. The number of carbonyl (C=O) groups excluding carboxylic acids is 2. The summed E-state index contributed by atoms with van der Waals surface area (Å²) in [7, 11) is 1.91. The highest BCUT2D eigenvalue weighted by Crippen LogP contribution is 2.17. The Labute approximate surface area is 136 Å². The monoisotopic (exact) mass is 323 g/mol. The molecule has 0 spiro atoms. The van der Waals surface area contributed by atoms with E-state index in [0.717, 1.165) is 5.56 Å². The summed E-state index contributed by atoms with van der Waals surface area (Å²) in [6.45, 7) is 2.24. The molecule has 5 nitrogen and oxygen atoms in total. The van der Waals surface area contributed by atoms with Crippen LogP contribution in [0, 0.1) is 5.92 Å². The first-order valence-electron chi connectivity index (χ1n) is 7.46. The van der Waals surface area contributed by atoms with Gasteiger partial charge < -0.3 is 10.6 Å². The van der Waals surface area contributed by atoms with Crippen LogP contribution in [0.2, 0.25) is 5.02 Å². The van der Waals surface area contributed by atoms with E-state index in [4.69, 9.17) is 17.3 Å². The third-order valence-electron chi connectivity index (χ3n) is 4.00. The summed E-state index contributed by atoms with van der Waals surface area (Å²) in [4.78, 5) is 27.2. The minimum Gasteiger partial charge on any atom is -0.369 e. The van der Waals surface area contributed by atoms with Crippen molar-refractivity contribution in [2.45, 2.75) is 19.4 Å². The minimum atomic E-state index is -0.259. The fourth-order valence-corrected chi connectivity index (χ4v) is 2.96. The van der Waals surface area contributed by atoms with Crippen molar-refractivity contribution in [1.82, 2.24) is 9.80 Å². The Kier molecular flexibility index (Phi) is 5.80. The van der Waals surface area contributed by atoms with Gasteiger partial charge in [-0.1, -0.05) is 23.7 Å². The van der Waals surface area contributed by atoms with E-state index >= 15 is 0 Å². The Morgan fingerprint density at radius 3 is 2.64 bits per heavy atom. The zero-order valence-electron chi connectivity index (χ0n) is 12.8. The van der Waals surface area contributed by atoms with E-state index in [1.807, 2.05) is 41.1 Å². The zero-order chi connectivity index (χ0) is 16.1. The molecule has 1 aliphatic rings. The molecule has 0 saturated carbocycles. The normalized spacial score (nSPS) is 16.0. The van der Waals surface area contributed by atoms with Crippen LogP contribution in [0.4, 0.5) is 0 Å². The van der Waals surface area contributed by atoms with Gasteiger partial charge in [-0.15, -0.1) is 0 Å². The van der Waals surface area contributed by atoms with E-state index < -0.39 is 0 Å². The number of halogens is 1. The van der Waals surface area contributed by atoms with Gasteiger partial charge in [0.2, 0.25) is 11.8 Å². The van der Waals surface area contributed by atoms with Gasteiger partial charge in [-0.3, -0.25) is 14.5 Å². The summed E-state index contributed by atoms with van der Waals surface area (Å²) >= 11 is 5.96. The van der Waals surface area contributed by atoms with Crippen LogP contribution in [0.3, 0.4) is 0 Å². The largest absolute Gasteiger partial charge is 0.369 e. The van der Waals surface area contributed by atoms with Crippen molar-refractivity contribution in [3.63, 3.8) is 0 Å². The van der Waals surface area contributed by atoms with Gasteiger partial charge in [0.25, 0.3) is 0 Å². The molecule has 0 atom stereocenters. The van der Waals surface area contributed by atoms with Crippen molar-refractivity contribution in [3.05, 3.63) is 34.9 Å². The molecule has 0 unspecified atom stereocenters. The van der Waals surface area contributed by atoms with Crippen molar-refractivity contribution >= 4 is 23.4 Å². The summed E-state index contributed by atoms with van der Waals surface area (Å²) in [5.74, 6) is -0.258. The van der Waals surface area contributed by atoms with E-state index in [0.29, 0.717) is 44.0 Å². The Balaban J connectivity index is 1.80. The van der Waals surface area contributed by atoms with E-state index in [1.165, 1.54) is 0 Å². The average Bonchev–Trinajstić information content (AvgIpc) is 2.47. The van der Waals surface area contributed by atoms with Crippen LogP contribution in [0.5, 0.6) is 0 Å². The number of likely N-dealkylation sites (N-methyl/N-ethyl adjacent to an activating group) is 1. The third kappa shape index (κ3) is 4.71. The maximum Gasteiger partial charge on any atom is 0.236 e. The number of amides is 2. The lowest BCUT2D eigenvalue weighted by Crippen LogP contribution is -2.45.